The Morgan fingerprint density at radius 2 is 2.11 bits per heavy atom. The number of fused-ring (bicyclic) bond motifs is 2. The van der Waals surface area contributed by atoms with E-state index in [4.69, 9.17) is 4.98 Å². The second kappa shape index (κ2) is 4.97. The van der Waals surface area contributed by atoms with Crippen LogP contribution in [0.4, 0.5) is 5.82 Å². The largest absolute Gasteiger partial charge is 0.356 e. The molecule has 94 valence electrons. The molecule has 1 aromatic carbocycles. The fourth-order valence-electron chi connectivity index (χ4n) is 2.74. The third-order valence-electron chi connectivity index (χ3n) is 3.76. The molecule has 0 radical (unpaired) electrons. The second-order valence-electron chi connectivity index (χ2n) is 5.11. The molecule has 18 heavy (non-hydrogen) atoms. The van der Waals surface area contributed by atoms with Crippen LogP contribution in [0.1, 0.15) is 31.7 Å². The third kappa shape index (κ3) is 2.07. The van der Waals surface area contributed by atoms with Crippen molar-refractivity contribution < 1.29 is 0 Å². The molecule has 2 nitrogen and oxygen atoms in total. The number of nitrogens with zero attached hydrogens (tertiary/aromatic N) is 2. The van der Waals surface area contributed by atoms with Gasteiger partial charge in [0, 0.05) is 18.5 Å². The maximum absolute atomic E-state index is 4.84. The molecule has 0 saturated carbocycles. The standard InChI is InChI=1S/C16H20N2/c1-2-3-6-10-18-11-9-14-12-13-7-4-5-8-15(13)17-16(14)18/h4-5,7-8,12H,2-3,6,9-11H2,1H3. The lowest BCUT2D eigenvalue weighted by atomic mass is 10.1. The molecule has 1 aliphatic rings. The van der Waals surface area contributed by atoms with Gasteiger partial charge in [-0.05, 0) is 30.5 Å². The lowest BCUT2D eigenvalue weighted by molar-refractivity contribution is 0.685. The molecule has 0 fully saturated rings. The molecule has 0 aliphatic carbocycles. The number of aromatic nitrogens is 1. The zero-order valence-corrected chi connectivity index (χ0v) is 11.0. The van der Waals surface area contributed by atoms with Gasteiger partial charge >= 0.3 is 0 Å². The van der Waals surface area contributed by atoms with E-state index in [9.17, 15) is 0 Å². The summed E-state index contributed by atoms with van der Waals surface area (Å²) in [6.07, 6.45) is 5.04. The predicted octanol–water partition coefficient (Wildman–Crippen LogP) is 3.79. The zero-order valence-electron chi connectivity index (χ0n) is 11.0. The maximum Gasteiger partial charge on any atom is 0.132 e. The highest BCUT2D eigenvalue weighted by Gasteiger charge is 2.20. The first-order valence-corrected chi connectivity index (χ1v) is 7.02. The molecule has 0 spiro atoms. The van der Waals surface area contributed by atoms with Gasteiger partial charge in [-0.2, -0.15) is 0 Å². The van der Waals surface area contributed by atoms with Crippen molar-refractivity contribution in [2.24, 2.45) is 0 Å². The third-order valence-corrected chi connectivity index (χ3v) is 3.76. The average Bonchev–Trinajstić information content (AvgIpc) is 2.79. The number of anilines is 1. The summed E-state index contributed by atoms with van der Waals surface area (Å²) < 4.78 is 0. The molecular weight excluding hydrogens is 220 g/mol. The molecule has 0 amide bonds. The number of para-hydroxylation sites is 1. The van der Waals surface area contributed by atoms with Crippen LogP contribution in [0.25, 0.3) is 10.9 Å². The summed E-state index contributed by atoms with van der Waals surface area (Å²) in [7, 11) is 0. The molecule has 0 N–H and O–H groups in total. The van der Waals surface area contributed by atoms with E-state index in [2.05, 4.69) is 42.2 Å². The summed E-state index contributed by atoms with van der Waals surface area (Å²) in [5.41, 5.74) is 2.55. The van der Waals surface area contributed by atoms with Gasteiger partial charge in [-0.15, -0.1) is 0 Å². The van der Waals surface area contributed by atoms with Gasteiger partial charge in [0.05, 0.1) is 5.52 Å². The van der Waals surface area contributed by atoms with Crippen LogP contribution in [0, 0.1) is 0 Å². The van der Waals surface area contributed by atoms with Gasteiger partial charge in [-0.1, -0.05) is 38.0 Å². The van der Waals surface area contributed by atoms with Gasteiger partial charge in [0.15, 0.2) is 0 Å². The van der Waals surface area contributed by atoms with Gasteiger partial charge < -0.3 is 4.90 Å². The molecule has 2 heteroatoms. The maximum atomic E-state index is 4.84. The Balaban J connectivity index is 1.88. The minimum Gasteiger partial charge on any atom is -0.356 e. The fourth-order valence-corrected chi connectivity index (χ4v) is 2.74. The highest BCUT2D eigenvalue weighted by atomic mass is 15.2. The first-order chi connectivity index (χ1) is 8.88. The van der Waals surface area contributed by atoms with Gasteiger partial charge in [-0.25, -0.2) is 4.98 Å². The van der Waals surface area contributed by atoms with Crippen LogP contribution in [0.2, 0.25) is 0 Å². The number of hydrogen-bond donors (Lipinski definition) is 0. The van der Waals surface area contributed by atoms with E-state index >= 15 is 0 Å². The van der Waals surface area contributed by atoms with E-state index in [0.29, 0.717) is 0 Å². The molecule has 1 aliphatic heterocycles. The summed E-state index contributed by atoms with van der Waals surface area (Å²) in [4.78, 5) is 7.30. The molecule has 2 aromatic rings. The smallest absolute Gasteiger partial charge is 0.132 e. The first-order valence-electron chi connectivity index (χ1n) is 7.02. The topological polar surface area (TPSA) is 16.1 Å². The summed E-state index contributed by atoms with van der Waals surface area (Å²) in [6, 6.07) is 10.7. The van der Waals surface area contributed by atoms with Crippen LogP contribution in [0.5, 0.6) is 0 Å². The average molecular weight is 240 g/mol. The van der Waals surface area contributed by atoms with Crippen LogP contribution in [0.3, 0.4) is 0 Å². The molecule has 2 heterocycles. The Labute approximate surface area is 109 Å². The molecule has 3 rings (SSSR count). The Bertz CT molecular complexity index is 548. The van der Waals surface area contributed by atoms with E-state index in [-0.39, 0.29) is 0 Å². The normalized spacial score (nSPS) is 14.2. The fraction of sp³-hybridized carbons (Fsp3) is 0.438. The molecule has 0 atom stereocenters. The molecular formula is C16H20N2. The number of benzene rings is 1. The number of hydrogen-bond acceptors (Lipinski definition) is 2. The van der Waals surface area contributed by atoms with E-state index in [1.54, 1.807) is 0 Å². The minimum atomic E-state index is 1.12. The number of unbranched alkanes of at least 4 members (excludes halogenated alkanes) is 2. The summed E-state index contributed by atoms with van der Waals surface area (Å²) in [6.45, 7) is 4.55. The van der Waals surface area contributed by atoms with Crippen LogP contribution < -0.4 is 4.90 Å². The van der Waals surface area contributed by atoms with Crippen molar-refractivity contribution in [3.05, 3.63) is 35.9 Å². The van der Waals surface area contributed by atoms with Crippen molar-refractivity contribution >= 4 is 16.7 Å². The Morgan fingerprint density at radius 1 is 1.22 bits per heavy atom. The van der Waals surface area contributed by atoms with Crippen LogP contribution in [0.15, 0.2) is 30.3 Å². The van der Waals surface area contributed by atoms with Crippen molar-refractivity contribution in [3.63, 3.8) is 0 Å². The van der Waals surface area contributed by atoms with E-state index in [1.165, 1.54) is 36.0 Å². The summed E-state index contributed by atoms with van der Waals surface area (Å²) in [5.74, 6) is 1.23. The van der Waals surface area contributed by atoms with E-state index in [0.717, 1.165) is 25.0 Å². The Hall–Kier alpha value is -1.57. The van der Waals surface area contributed by atoms with Crippen LogP contribution >= 0.6 is 0 Å². The quantitative estimate of drug-likeness (QED) is 0.756. The predicted molar refractivity (Wildman–Crippen MR) is 77.2 cm³/mol. The lowest BCUT2D eigenvalue weighted by Gasteiger charge is -2.18. The van der Waals surface area contributed by atoms with Crippen molar-refractivity contribution in [1.82, 2.24) is 4.98 Å². The van der Waals surface area contributed by atoms with Gasteiger partial charge in [0.25, 0.3) is 0 Å². The van der Waals surface area contributed by atoms with E-state index in [1.807, 2.05) is 0 Å². The Morgan fingerprint density at radius 3 is 3.00 bits per heavy atom. The number of rotatable bonds is 4. The van der Waals surface area contributed by atoms with Crippen molar-refractivity contribution in [2.75, 3.05) is 18.0 Å². The Kier molecular flexibility index (Phi) is 3.18. The van der Waals surface area contributed by atoms with Gasteiger partial charge in [0.1, 0.15) is 5.82 Å². The van der Waals surface area contributed by atoms with Crippen molar-refractivity contribution in [2.45, 2.75) is 32.6 Å². The van der Waals surface area contributed by atoms with Crippen molar-refractivity contribution in [3.8, 4) is 0 Å². The van der Waals surface area contributed by atoms with Crippen LogP contribution in [-0.4, -0.2) is 18.1 Å². The van der Waals surface area contributed by atoms with Gasteiger partial charge in [-0.3, -0.25) is 0 Å². The minimum absolute atomic E-state index is 1.12. The van der Waals surface area contributed by atoms with Crippen molar-refractivity contribution in [1.29, 1.82) is 0 Å². The highest BCUT2D eigenvalue weighted by molar-refractivity contribution is 5.82. The second-order valence-corrected chi connectivity index (χ2v) is 5.11. The molecule has 0 unspecified atom stereocenters. The molecule has 1 aromatic heterocycles. The summed E-state index contributed by atoms with van der Waals surface area (Å²) in [5, 5.41) is 1.27. The van der Waals surface area contributed by atoms with Crippen LogP contribution in [-0.2, 0) is 6.42 Å². The van der Waals surface area contributed by atoms with Gasteiger partial charge in [0.2, 0.25) is 0 Å². The molecule has 0 saturated heterocycles. The summed E-state index contributed by atoms with van der Waals surface area (Å²) >= 11 is 0. The highest BCUT2D eigenvalue weighted by Crippen LogP contribution is 2.29. The lowest BCUT2D eigenvalue weighted by Crippen LogP contribution is -2.22. The first kappa shape index (κ1) is 11.5. The monoisotopic (exact) mass is 240 g/mol. The zero-order chi connectivity index (χ0) is 12.4. The van der Waals surface area contributed by atoms with E-state index < -0.39 is 0 Å². The molecule has 0 bridgehead atoms. The number of pyridine rings is 1. The SMILES string of the molecule is CCCCCN1CCc2cc3ccccc3nc21.